The number of aromatic nitrogens is 1. The maximum Gasteiger partial charge on any atom is 0.227 e. The van der Waals surface area contributed by atoms with Crippen molar-refractivity contribution in [1.29, 1.82) is 0 Å². The van der Waals surface area contributed by atoms with Crippen molar-refractivity contribution in [3.8, 4) is 11.5 Å². The minimum absolute atomic E-state index is 0.0186. The molecule has 1 amide bonds. The molecule has 4 rings (SSSR count). The highest BCUT2D eigenvalue weighted by atomic mass is 35.5. The number of nitrogens with zero attached hydrogens (tertiary/aromatic N) is 2. The second-order valence-electron chi connectivity index (χ2n) is 7.34. The molecule has 6 nitrogen and oxygen atoms in total. The Balaban J connectivity index is 1.45. The van der Waals surface area contributed by atoms with E-state index in [9.17, 15) is 4.79 Å². The number of nitrogens with one attached hydrogen (secondary N) is 1. The molecule has 158 valence electrons. The average Bonchev–Trinajstić information content (AvgIpc) is 3.14. The van der Waals surface area contributed by atoms with Gasteiger partial charge in [0.05, 0.1) is 24.9 Å². The van der Waals surface area contributed by atoms with Gasteiger partial charge in [0.25, 0.3) is 0 Å². The molecule has 30 heavy (non-hydrogen) atoms. The molecule has 1 aliphatic heterocycles. The van der Waals surface area contributed by atoms with E-state index in [-0.39, 0.29) is 11.8 Å². The quantitative estimate of drug-likeness (QED) is 0.589. The zero-order chi connectivity index (χ0) is 21.3. The lowest BCUT2D eigenvalue weighted by Gasteiger charge is -2.32. The Morgan fingerprint density at radius 3 is 2.63 bits per heavy atom. The Kier molecular flexibility index (Phi) is 6.01. The summed E-state index contributed by atoms with van der Waals surface area (Å²) in [4.78, 5) is 21.1. The number of aryl methyl sites for hydroxylation is 1. The molecule has 1 aliphatic rings. The second kappa shape index (κ2) is 8.70. The minimum atomic E-state index is -0.0731. The molecule has 8 heteroatoms. The lowest BCUT2D eigenvalue weighted by molar-refractivity contribution is -0.120. The molecule has 0 bridgehead atoms. The number of piperidine rings is 1. The van der Waals surface area contributed by atoms with Crippen LogP contribution in [0.2, 0.25) is 5.02 Å². The zero-order valence-corrected chi connectivity index (χ0v) is 18.8. The monoisotopic (exact) mass is 445 g/mol. The molecular formula is C22H24ClN3O3S. The molecule has 1 aromatic carbocycles. The summed E-state index contributed by atoms with van der Waals surface area (Å²) in [6.45, 7) is 3.70. The molecule has 0 aliphatic carbocycles. The van der Waals surface area contributed by atoms with Gasteiger partial charge >= 0.3 is 0 Å². The highest BCUT2D eigenvalue weighted by Gasteiger charge is 2.27. The predicted molar refractivity (Wildman–Crippen MR) is 122 cm³/mol. The SMILES string of the molecule is COc1cc(NC(=O)C2CCN(c3nccc4sc(C)cc34)CC2)c(OC)cc1Cl. The number of anilines is 2. The Labute approximate surface area is 184 Å². The molecule has 1 saturated heterocycles. The number of halogens is 1. The van der Waals surface area contributed by atoms with Crippen molar-refractivity contribution in [2.24, 2.45) is 5.92 Å². The van der Waals surface area contributed by atoms with Crippen molar-refractivity contribution in [2.45, 2.75) is 19.8 Å². The Morgan fingerprint density at radius 1 is 1.20 bits per heavy atom. The summed E-state index contributed by atoms with van der Waals surface area (Å²) in [6.07, 6.45) is 3.40. The van der Waals surface area contributed by atoms with Crippen LogP contribution >= 0.6 is 22.9 Å². The number of ether oxygens (including phenoxy) is 2. The fraction of sp³-hybridized carbons (Fsp3) is 0.364. The van der Waals surface area contributed by atoms with Gasteiger partial charge in [0.15, 0.2) is 0 Å². The van der Waals surface area contributed by atoms with Gasteiger partial charge in [0.1, 0.15) is 17.3 Å². The molecule has 0 radical (unpaired) electrons. The maximum atomic E-state index is 12.9. The van der Waals surface area contributed by atoms with Crippen LogP contribution in [-0.2, 0) is 4.79 Å². The van der Waals surface area contributed by atoms with Gasteiger partial charge in [-0.25, -0.2) is 4.98 Å². The fourth-order valence-corrected chi connectivity index (χ4v) is 5.02. The largest absolute Gasteiger partial charge is 0.495 e. The summed E-state index contributed by atoms with van der Waals surface area (Å²) in [5.41, 5.74) is 0.561. The van der Waals surface area contributed by atoms with Crippen LogP contribution < -0.4 is 19.7 Å². The van der Waals surface area contributed by atoms with Crippen molar-refractivity contribution in [3.05, 3.63) is 40.4 Å². The average molecular weight is 446 g/mol. The number of thiophene rings is 1. The maximum absolute atomic E-state index is 12.9. The molecular weight excluding hydrogens is 422 g/mol. The first-order chi connectivity index (χ1) is 14.5. The van der Waals surface area contributed by atoms with Crippen LogP contribution in [0.25, 0.3) is 10.1 Å². The molecule has 3 aromatic rings. The van der Waals surface area contributed by atoms with E-state index in [1.807, 2.05) is 6.20 Å². The molecule has 0 unspecified atom stereocenters. The molecule has 0 spiro atoms. The zero-order valence-electron chi connectivity index (χ0n) is 17.2. The molecule has 2 aromatic heterocycles. The van der Waals surface area contributed by atoms with Crippen LogP contribution in [0.1, 0.15) is 17.7 Å². The van der Waals surface area contributed by atoms with Crippen LogP contribution in [-0.4, -0.2) is 38.2 Å². The van der Waals surface area contributed by atoms with Crippen molar-refractivity contribution < 1.29 is 14.3 Å². The van der Waals surface area contributed by atoms with E-state index in [1.54, 1.807) is 37.7 Å². The van der Waals surface area contributed by atoms with Crippen LogP contribution in [0.15, 0.2) is 30.5 Å². The van der Waals surface area contributed by atoms with E-state index in [1.165, 1.54) is 15.0 Å². The highest BCUT2D eigenvalue weighted by Crippen LogP contribution is 2.37. The number of carbonyl (C=O) groups excluding carboxylic acids is 1. The third-order valence-electron chi connectivity index (χ3n) is 5.44. The summed E-state index contributed by atoms with van der Waals surface area (Å²) < 4.78 is 11.9. The van der Waals surface area contributed by atoms with Crippen molar-refractivity contribution in [2.75, 3.05) is 37.5 Å². The topological polar surface area (TPSA) is 63.7 Å². The third kappa shape index (κ3) is 4.04. The third-order valence-corrected chi connectivity index (χ3v) is 6.76. The van der Waals surface area contributed by atoms with Crippen LogP contribution in [0, 0.1) is 12.8 Å². The van der Waals surface area contributed by atoms with Gasteiger partial charge in [0, 0.05) is 52.3 Å². The molecule has 1 N–H and O–H groups in total. The normalized spacial score (nSPS) is 14.7. The van der Waals surface area contributed by atoms with Crippen molar-refractivity contribution in [1.82, 2.24) is 4.98 Å². The van der Waals surface area contributed by atoms with E-state index in [2.05, 4.69) is 34.3 Å². The Hall–Kier alpha value is -2.51. The van der Waals surface area contributed by atoms with Gasteiger partial charge in [-0.05, 0) is 31.9 Å². The smallest absolute Gasteiger partial charge is 0.227 e. The van der Waals surface area contributed by atoms with E-state index in [4.69, 9.17) is 21.1 Å². The standard InChI is InChI=1S/C22H24ClN3O3S/c1-13-10-15-20(30-13)4-7-24-21(15)26-8-5-14(6-9-26)22(27)25-17-12-18(28-2)16(23)11-19(17)29-3/h4,7,10-12,14H,5-6,8-9H2,1-3H3,(H,25,27). The second-order valence-corrected chi connectivity index (χ2v) is 9.04. The van der Waals surface area contributed by atoms with E-state index >= 15 is 0 Å². The van der Waals surface area contributed by atoms with Gasteiger partial charge in [-0.15, -0.1) is 11.3 Å². The minimum Gasteiger partial charge on any atom is -0.495 e. The highest BCUT2D eigenvalue weighted by molar-refractivity contribution is 7.19. The first-order valence-corrected chi connectivity index (χ1v) is 11.0. The number of methoxy groups -OCH3 is 2. The first kappa shape index (κ1) is 20.8. The van der Waals surface area contributed by atoms with E-state index < -0.39 is 0 Å². The van der Waals surface area contributed by atoms with Crippen LogP contribution in [0.4, 0.5) is 11.5 Å². The van der Waals surface area contributed by atoms with Crippen LogP contribution in [0.5, 0.6) is 11.5 Å². The van der Waals surface area contributed by atoms with Gasteiger partial charge in [-0.2, -0.15) is 0 Å². The Morgan fingerprint density at radius 2 is 1.93 bits per heavy atom. The van der Waals surface area contributed by atoms with Gasteiger partial charge in [-0.1, -0.05) is 11.6 Å². The van der Waals surface area contributed by atoms with Gasteiger partial charge < -0.3 is 19.7 Å². The lowest BCUT2D eigenvalue weighted by Crippen LogP contribution is -2.38. The van der Waals surface area contributed by atoms with Crippen LogP contribution in [0.3, 0.4) is 0 Å². The number of rotatable bonds is 5. The van der Waals surface area contributed by atoms with Gasteiger partial charge in [0.2, 0.25) is 5.91 Å². The van der Waals surface area contributed by atoms with Crippen molar-refractivity contribution in [3.63, 3.8) is 0 Å². The molecule has 1 fully saturated rings. The first-order valence-electron chi connectivity index (χ1n) is 9.82. The van der Waals surface area contributed by atoms with E-state index in [0.29, 0.717) is 22.2 Å². The summed E-state index contributed by atoms with van der Waals surface area (Å²) in [5.74, 6) is 1.92. The fourth-order valence-electron chi connectivity index (χ4n) is 3.87. The summed E-state index contributed by atoms with van der Waals surface area (Å²) in [7, 11) is 3.09. The summed E-state index contributed by atoms with van der Waals surface area (Å²) in [5, 5.41) is 4.62. The number of hydrogen-bond donors (Lipinski definition) is 1. The number of benzene rings is 1. The summed E-state index contributed by atoms with van der Waals surface area (Å²) in [6, 6.07) is 7.59. The predicted octanol–water partition coefficient (Wildman–Crippen LogP) is 5.13. The van der Waals surface area contributed by atoms with Gasteiger partial charge in [-0.3, -0.25) is 4.79 Å². The molecule has 0 saturated carbocycles. The molecule has 0 atom stereocenters. The lowest BCUT2D eigenvalue weighted by atomic mass is 9.95. The number of pyridine rings is 1. The number of carbonyl (C=O) groups is 1. The van der Waals surface area contributed by atoms with Crippen molar-refractivity contribution >= 4 is 50.4 Å². The number of hydrogen-bond acceptors (Lipinski definition) is 6. The molecule has 3 heterocycles. The van der Waals surface area contributed by atoms with E-state index in [0.717, 1.165) is 31.7 Å². The number of fused-ring (bicyclic) bond motifs is 1. The Bertz CT molecular complexity index is 1080. The summed E-state index contributed by atoms with van der Waals surface area (Å²) >= 11 is 7.94. The number of amides is 1.